The maximum absolute atomic E-state index is 5.97. The van der Waals surface area contributed by atoms with E-state index in [1.165, 1.54) is 0 Å². The topological polar surface area (TPSA) is 38.9 Å². The monoisotopic (exact) mass is 218 g/mol. The van der Waals surface area contributed by atoms with Crippen molar-refractivity contribution in [3.63, 3.8) is 0 Å². The Bertz CT molecular complexity index is 454. The molecule has 2 nitrogen and oxygen atoms in total. The van der Waals surface area contributed by atoms with Gasteiger partial charge in [0.25, 0.3) is 0 Å². The van der Waals surface area contributed by atoms with Crippen molar-refractivity contribution < 1.29 is 0 Å². The van der Waals surface area contributed by atoms with Gasteiger partial charge in [-0.15, -0.1) is 0 Å². The minimum atomic E-state index is 0.509. The van der Waals surface area contributed by atoms with Crippen LogP contribution in [0.3, 0.4) is 0 Å². The molecule has 0 amide bonds. The number of hydrogen-bond acceptors (Lipinski definition) is 2. The van der Waals surface area contributed by atoms with Crippen molar-refractivity contribution in [1.29, 1.82) is 0 Å². The molecule has 0 saturated carbocycles. The van der Waals surface area contributed by atoms with Crippen molar-refractivity contribution in [2.24, 2.45) is 5.73 Å². The van der Waals surface area contributed by atoms with E-state index < -0.39 is 0 Å². The zero-order valence-electron chi connectivity index (χ0n) is 8.15. The first-order valence-electron chi connectivity index (χ1n) is 4.70. The zero-order chi connectivity index (χ0) is 10.7. The molecule has 1 heterocycles. The van der Waals surface area contributed by atoms with Crippen molar-refractivity contribution >= 4 is 11.6 Å². The highest BCUT2D eigenvalue weighted by atomic mass is 35.5. The highest BCUT2D eigenvalue weighted by Crippen LogP contribution is 2.26. The van der Waals surface area contributed by atoms with E-state index in [2.05, 4.69) is 4.98 Å². The van der Waals surface area contributed by atoms with E-state index in [0.717, 1.165) is 21.7 Å². The van der Waals surface area contributed by atoms with Gasteiger partial charge in [-0.2, -0.15) is 0 Å². The fraction of sp³-hybridized carbons (Fsp3) is 0.0833. The van der Waals surface area contributed by atoms with Crippen LogP contribution in [-0.4, -0.2) is 4.98 Å². The molecule has 2 rings (SSSR count). The molecule has 76 valence electrons. The van der Waals surface area contributed by atoms with Gasteiger partial charge in [0, 0.05) is 24.0 Å². The number of pyridine rings is 1. The maximum atomic E-state index is 5.97. The summed E-state index contributed by atoms with van der Waals surface area (Å²) in [5.74, 6) is 0. The van der Waals surface area contributed by atoms with E-state index in [0.29, 0.717) is 6.54 Å². The van der Waals surface area contributed by atoms with Gasteiger partial charge >= 0.3 is 0 Å². The summed E-state index contributed by atoms with van der Waals surface area (Å²) < 4.78 is 0. The predicted octanol–water partition coefficient (Wildman–Crippen LogP) is 2.86. The Morgan fingerprint density at radius 3 is 2.53 bits per heavy atom. The van der Waals surface area contributed by atoms with Crippen LogP contribution in [0.2, 0.25) is 5.02 Å². The zero-order valence-corrected chi connectivity index (χ0v) is 8.91. The first-order chi connectivity index (χ1) is 7.31. The minimum absolute atomic E-state index is 0.509. The fourth-order valence-electron chi connectivity index (χ4n) is 1.53. The van der Waals surface area contributed by atoms with Gasteiger partial charge < -0.3 is 5.73 Å². The van der Waals surface area contributed by atoms with E-state index in [-0.39, 0.29) is 0 Å². The lowest BCUT2D eigenvalue weighted by Gasteiger charge is -2.07. The highest BCUT2D eigenvalue weighted by molar-refractivity contribution is 6.30. The first kappa shape index (κ1) is 10.1. The molecular weight excluding hydrogens is 208 g/mol. The van der Waals surface area contributed by atoms with E-state index >= 15 is 0 Å². The van der Waals surface area contributed by atoms with Gasteiger partial charge in [0.2, 0.25) is 0 Å². The van der Waals surface area contributed by atoms with Gasteiger partial charge in [-0.3, -0.25) is 4.98 Å². The summed E-state index contributed by atoms with van der Waals surface area (Å²) in [7, 11) is 0. The van der Waals surface area contributed by atoms with Crippen molar-refractivity contribution in [2.45, 2.75) is 6.54 Å². The van der Waals surface area contributed by atoms with Crippen molar-refractivity contribution in [3.05, 3.63) is 53.3 Å². The second-order valence-corrected chi connectivity index (χ2v) is 3.68. The third-order valence-corrected chi connectivity index (χ3v) is 2.52. The van der Waals surface area contributed by atoms with Crippen LogP contribution in [-0.2, 0) is 6.54 Å². The molecule has 0 atom stereocenters. The SMILES string of the molecule is NCc1ccc(Cl)cc1-c1ccncc1. The number of hydrogen-bond donors (Lipinski definition) is 1. The second kappa shape index (κ2) is 4.43. The van der Waals surface area contributed by atoms with Gasteiger partial charge in [0.1, 0.15) is 0 Å². The molecule has 1 aromatic heterocycles. The third-order valence-electron chi connectivity index (χ3n) is 2.28. The first-order valence-corrected chi connectivity index (χ1v) is 5.08. The molecule has 0 aliphatic heterocycles. The second-order valence-electron chi connectivity index (χ2n) is 3.24. The Kier molecular flexibility index (Phi) is 2.99. The van der Waals surface area contributed by atoms with Crippen LogP contribution < -0.4 is 5.73 Å². The highest BCUT2D eigenvalue weighted by Gasteiger charge is 2.04. The van der Waals surface area contributed by atoms with Gasteiger partial charge in [-0.05, 0) is 41.0 Å². The van der Waals surface area contributed by atoms with Crippen molar-refractivity contribution in [3.8, 4) is 11.1 Å². The normalized spacial score (nSPS) is 10.3. The van der Waals surface area contributed by atoms with E-state index in [1.807, 2.05) is 30.3 Å². The average molecular weight is 219 g/mol. The number of rotatable bonds is 2. The predicted molar refractivity (Wildman–Crippen MR) is 62.6 cm³/mol. The van der Waals surface area contributed by atoms with Gasteiger partial charge in [0.05, 0.1) is 0 Å². The molecule has 0 unspecified atom stereocenters. The Hall–Kier alpha value is -1.38. The average Bonchev–Trinajstić information content (AvgIpc) is 2.30. The Morgan fingerprint density at radius 2 is 1.87 bits per heavy atom. The molecule has 0 aliphatic carbocycles. The van der Waals surface area contributed by atoms with Gasteiger partial charge in [0.15, 0.2) is 0 Å². The molecule has 0 radical (unpaired) electrons. The molecule has 0 saturated heterocycles. The van der Waals surface area contributed by atoms with Gasteiger partial charge in [-0.1, -0.05) is 17.7 Å². The summed E-state index contributed by atoms with van der Waals surface area (Å²) >= 11 is 5.97. The number of aromatic nitrogens is 1. The van der Waals surface area contributed by atoms with E-state index in [4.69, 9.17) is 17.3 Å². The lowest BCUT2D eigenvalue weighted by molar-refractivity contribution is 1.07. The number of nitrogens with two attached hydrogens (primary N) is 1. The Morgan fingerprint density at radius 1 is 1.13 bits per heavy atom. The minimum Gasteiger partial charge on any atom is -0.326 e. The third kappa shape index (κ3) is 2.17. The molecule has 3 heteroatoms. The number of nitrogens with zero attached hydrogens (tertiary/aromatic N) is 1. The summed E-state index contributed by atoms with van der Waals surface area (Å²) in [6.07, 6.45) is 3.52. The van der Waals surface area contributed by atoms with Crippen LogP contribution in [0.4, 0.5) is 0 Å². The molecule has 0 bridgehead atoms. The van der Waals surface area contributed by atoms with Crippen LogP contribution in [0, 0.1) is 0 Å². The number of halogens is 1. The molecule has 0 spiro atoms. The van der Waals surface area contributed by atoms with Crippen LogP contribution in [0.5, 0.6) is 0 Å². The maximum Gasteiger partial charge on any atom is 0.0412 e. The smallest absolute Gasteiger partial charge is 0.0412 e. The molecule has 1 aromatic carbocycles. The Labute approximate surface area is 93.7 Å². The molecule has 2 aromatic rings. The Balaban J connectivity index is 2.56. The molecule has 0 aliphatic rings. The van der Waals surface area contributed by atoms with E-state index in [9.17, 15) is 0 Å². The lowest BCUT2D eigenvalue weighted by Crippen LogP contribution is -1.98. The van der Waals surface area contributed by atoms with Gasteiger partial charge in [-0.25, -0.2) is 0 Å². The van der Waals surface area contributed by atoms with Crippen LogP contribution in [0.1, 0.15) is 5.56 Å². The summed E-state index contributed by atoms with van der Waals surface area (Å²) in [6, 6.07) is 9.64. The molecule has 15 heavy (non-hydrogen) atoms. The molecule has 0 fully saturated rings. The quantitative estimate of drug-likeness (QED) is 0.842. The number of benzene rings is 1. The van der Waals surface area contributed by atoms with Crippen LogP contribution >= 0.6 is 11.6 Å². The van der Waals surface area contributed by atoms with Crippen molar-refractivity contribution in [1.82, 2.24) is 4.98 Å². The standard InChI is InChI=1S/C12H11ClN2/c13-11-2-1-10(8-14)12(7-11)9-3-5-15-6-4-9/h1-7H,8,14H2. The van der Waals surface area contributed by atoms with E-state index in [1.54, 1.807) is 12.4 Å². The molecular formula is C12H11ClN2. The summed E-state index contributed by atoms with van der Waals surface area (Å²) in [5.41, 5.74) is 8.93. The summed E-state index contributed by atoms with van der Waals surface area (Å²) in [5, 5.41) is 0.721. The van der Waals surface area contributed by atoms with Crippen LogP contribution in [0.15, 0.2) is 42.7 Å². The fourth-order valence-corrected chi connectivity index (χ4v) is 1.70. The largest absolute Gasteiger partial charge is 0.326 e. The summed E-state index contributed by atoms with van der Waals surface area (Å²) in [4.78, 5) is 3.98. The van der Waals surface area contributed by atoms with Crippen molar-refractivity contribution in [2.75, 3.05) is 0 Å². The summed E-state index contributed by atoms with van der Waals surface area (Å²) in [6.45, 7) is 0.509. The molecule has 2 N–H and O–H groups in total. The lowest BCUT2D eigenvalue weighted by atomic mass is 10.0. The van der Waals surface area contributed by atoms with Crippen LogP contribution in [0.25, 0.3) is 11.1 Å².